The monoisotopic (exact) mass is 184 g/mol. The second-order valence-electron chi connectivity index (χ2n) is 1.57. The van der Waals surface area contributed by atoms with Gasteiger partial charge in [0.05, 0.1) is 0 Å². The Morgan fingerprint density at radius 1 is 1.20 bits per heavy atom. The summed E-state index contributed by atoms with van der Waals surface area (Å²) in [5.41, 5.74) is 0. The molecule has 0 saturated carbocycles. The third-order valence-electron chi connectivity index (χ3n) is 0.893. The molecular formula is C6H3Cl2NaO. The van der Waals surface area contributed by atoms with Gasteiger partial charge in [0, 0.05) is 10.0 Å². The topological polar surface area (TPSA) is 23.1 Å². The standard InChI is InChI=1S/C6H4Cl2O.Na/c7-4-1-2-5(8)6(9)3-4;/h1-3,9H;/q;+1/p-1. The molecule has 1 rings (SSSR count). The van der Waals surface area contributed by atoms with E-state index >= 15 is 0 Å². The van der Waals surface area contributed by atoms with Gasteiger partial charge in [0.25, 0.3) is 0 Å². The molecule has 0 spiro atoms. The molecular weight excluding hydrogens is 182 g/mol. The summed E-state index contributed by atoms with van der Waals surface area (Å²) in [5.74, 6) is -0.232. The first kappa shape index (κ1) is 10.6. The summed E-state index contributed by atoms with van der Waals surface area (Å²) in [7, 11) is 0. The molecule has 10 heavy (non-hydrogen) atoms. The molecule has 0 amide bonds. The minimum absolute atomic E-state index is 0. The molecule has 0 aliphatic rings. The minimum atomic E-state index is -0.232. The SMILES string of the molecule is [Na+].[O-]c1cc(Cl)ccc1Cl. The molecule has 0 heterocycles. The van der Waals surface area contributed by atoms with E-state index in [0.29, 0.717) is 5.02 Å². The van der Waals surface area contributed by atoms with Gasteiger partial charge >= 0.3 is 29.6 Å². The second kappa shape index (κ2) is 4.47. The van der Waals surface area contributed by atoms with Gasteiger partial charge in [0.15, 0.2) is 0 Å². The van der Waals surface area contributed by atoms with Crippen molar-refractivity contribution >= 4 is 23.2 Å². The van der Waals surface area contributed by atoms with Crippen LogP contribution in [0.1, 0.15) is 0 Å². The van der Waals surface area contributed by atoms with E-state index in [1.165, 1.54) is 12.1 Å². The second-order valence-corrected chi connectivity index (χ2v) is 2.42. The van der Waals surface area contributed by atoms with E-state index < -0.39 is 0 Å². The summed E-state index contributed by atoms with van der Waals surface area (Å²) >= 11 is 10.9. The van der Waals surface area contributed by atoms with Crippen molar-refractivity contribution in [1.29, 1.82) is 0 Å². The average molecular weight is 185 g/mol. The summed E-state index contributed by atoms with van der Waals surface area (Å²) < 4.78 is 0. The molecule has 1 aromatic carbocycles. The molecule has 0 aromatic heterocycles. The van der Waals surface area contributed by atoms with Gasteiger partial charge in [-0.05, 0) is 18.2 Å². The summed E-state index contributed by atoms with van der Waals surface area (Å²) in [6.07, 6.45) is 0. The zero-order valence-corrected chi connectivity index (χ0v) is 8.91. The van der Waals surface area contributed by atoms with Crippen LogP contribution < -0.4 is 34.7 Å². The van der Waals surface area contributed by atoms with Crippen molar-refractivity contribution < 1.29 is 34.7 Å². The number of rotatable bonds is 0. The molecule has 1 aromatic rings. The van der Waals surface area contributed by atoms with Crippen molar-refractivity contribution in [3.8, 4) is 5.75 Å². The molecule has 0 radical (unpaired) electrons. The fourth-order valence-electron chi connectivity index (χ4n) is 0.477. The summed E-state index contributed by atoms with van der Waals surface area (Å²) in [4.78, 5) is 0. The minimum Gasteiger partial charge on any atom is -0.871 e. The van der Waals surface area contributed by atoms with E-state index in [1.54, 1.807) is 6.07 Å². The molecule has 0 unspecified atom stereocenters. The van der Waals surface area contributed by atoms with Crippen LogP contribution in [0.25, 0.3) is 0 Å². The van der Waals surface area contributed by atoms with Gasteiger partial charge in [0.1, 0.15) is 0 Å². The average Bonchev–Trinajstić information content (AvgIpc) is 1.80. The fourth-order valence-corrected chi connectivity index (χ4v) is 0.757. The fraction of sp³-hybridized carbons (Fsp3) is 0. The maximum Gasteiger partial charge on any atom is 1.00 e. The molecule has 0 saturated heterocycles. The summed E-state index contributed by atoms with van der Waals surface area (Å²) in [6.45, 7) is 0. The summed E-state index contributed by atoms with van der Waals surface area (Å²) in [5, 5.41) is 11.3. The first-order valence-corrected chi connectivity index (χ1v) is 3.08. The quantitative estimate of drug-likeness (QED) is 0.479. The first-order chi connectivity index (χ1) is 4.20. The van der Waals surface area contributed by atoms with Crippen molar-refractivity contribution in [2.75, 3.05) is 0 Å². The smallest absolute Gasteiger partial charge is 0.871 e. The largest absolute Gasteiger partial charge is 1.00 e. The van der Waals surface area contributed by atoms with Crippen molar-refractivity contribution in [1.82, 2.24) is 0 Å². The number of hydrogen-bond acceptors (Lipinski definition) is 1. The van der Waals surface area contributed by atoms with Crippen LogP contribution in [0.4, 0.5) is 0 Å². The molecule has 0 fully saturated rings. The Bertz CT molecular complexity index is 227. The maximum atomic E-state index is 10.6. The normalized spacial score (nSPS) is 8.60. The van der Waals surface area contributed by atoms with Crippen molar-refractivity contribution in [3.63, 3.8) is 0 Å². The molecule has 0 aliphatic heterocycles. The molecule has 1 nitrogen and oxygen atoms in total. The predicted octanol–water partition coefficient (Wildman–Crippen LogP) is -0.929. The van der Waals surface area contributed by atoms with Crippen LogP contribution in [0.2, 0.25) is 10.0 Å². The molecule has 48 valence electrons. The van der Waals surface area contributed by atoms with Gasteiger partial charge in [-0.25, -0.2) is 0 Å². The number of hydrogen-bond donors (Lipinski definition) is 0. The van der Waals surface area contributed by atoms with Crippen LogP contribution in [0.15, 0.2) is 18.2 Å². The third-order valence-corrected chi connectivity index (χ3v) is 1.44. The van der Waals surface area contributed by atoms with Gasteiger partial charge in [0.2, 0.25) is 0 Å². The van der Waals surface area contributed by atoms with Crippen molar-refractivity contribution in [2.45, 2.75) is 0 Å². The Balaban J connectivity index is 0.000000810. The number of benzene rings is 1. The van der Waals surface area contributed by atoms with Crippen LogP contribution in [0, 0.1) is 0 Å². The first-order valence-electron chi connectivity index (χ1n) is 2.32. The van der Waals surface area contributed by atoms with Gasteiger partial charge in [-0.2, -0.15) is 0 Å². The predicted molar refractivity (Wildman–Crippen MR) is 35.9 cm³/mol. The molecule has 4 heteroatoms. The van der Waals surface area contributed by atoms with Crippen LogP contribution in [-0.4, -0.2) is 0 Å². The Kier molecular flexibility index (Phi) is 4.74. The third kappa shape index (κ3) is 2.69. The van der Waals surface area contributed by atoms with Gasteiger partial charge in [-0.1, -0.05) is 29.0 Å². The van der Waals surface area contributed by atoms with Crippen molar-refractivity contribution in [3.05, 3.63) is 28.2 Å². The molecule has 0 atom stereocenters. The molecule has 0 N–H and O–H groups in total. The molecule has 0 bridgehead atoms. The maximum absolute atomic E-state index is 10.6. The Morgan fingerprint density at radius 3 is 2.20 bits per heavy atom. The van der Waals surface area contributed by atoms with E-state index in [9.17, 15) is 5.11 Å². The van der Waals surface area contributed by atoms with Gasteiger partial charge in [-0.15, -0.1) is 0 Å². The van der Waals surface area contributed by atoms with E-state index in [0.717, 1.165) is 0 Å². The van der Waals surface area contributed by atoms with Crippen molar-refractivity contribution in [2.24, 2.45) is 0 Å². The number of halogens is 2. The summed E-state index contributed by atoms with van der Waals surface area (Å²) in [6, 6.07) is 4.33. The molecule has 0 aliphatic carbocycles. The van der Waals surface area contributed by atoms with E-state index in [1.807, 2.05) is 0 Å². The van der Waals surface area contributed by atoms with Gasteiger partial charge in [-0.3, -0.25) is 0 Å². The Hall–Kier alpha value is 0.600. The van der Waals surface area contributed by atoms with E-state index in [4.69, 9.17) is 23.2 Å². The van der Waals surface area contributed by atoms with Crippen LogP contribution in [0.3, 0.4) is 0 Å². The Morgan fingerprint density at radius 2 is 1.80 bits per heavy atom. The van der Waals surface area contributed by atoms with E-state index in [-0.39, 0.29) is 40.3 Å². The zero-order valence-electron chi connectivity index (χ0n) is 5.40. The van der Waals surface area contributed by atoms with Crippen LogP contribution >= 0.6 is 23.2 Å². The van der Waals surface area contributed by atoms with E-state index in [2.05, 4.69) is 0 Å². The Labute approximate surface area is 91.2 Å². The zero-order chi connectivity index (χ0) is 6.85. The van der Waals surface area contributed by atoms with Crippen LogP contribution in [-0.2, 0) is 0 Å². The van der Waals surface area contributed by atoms with Gasteiger partial charge < -0.3 is 5.11 Å². The van der Waals surface area contributed by atoms with Crippen LogP contribution in [0.5, 0.6) is 5.75 Å².